The maximum absolute atomic E-state index is 13.6. The Morgan fingerprint density at radius 3 is 1.97 bits per heavy atom. The van der Waals surface area contributed by atoms with E-state index in [-0.39, 0.29) is 17.4 Å². The normalized spacial score (nSPS) is 14.4. The number of fused-ring (bicyclic) bond motifs is 1. The second-order valence-corrected chi connectivity index (χ2v) is 7.32. The highest BCUT2D eigenvalue weighted by molar-refractivity contribution is 6.33. The average molecular weight is 410 g/mol. The number of anilines is 1. The van der Waals surface area contributed by atoms with Crippen LogP contribution in [0.5, 0.6) is 17.2 Å². The monoisotopic (exact) mass is 409 g/mol. The molecule has 0 saturated carbocycles. The Kier molecular flexibility index (Phi) is 4.63. The van der Waals surface area contributed by atoms with Gasteiger partial charge in [-0.05, 0) is 53.4 Å². The van der Waals surface area contributed by atoms with Crippen molar-refractivity contribution in [1.82, 2.24) is 0 Å². The Bertz CT molecular complexity index is 1050. The van der Waals surface area contributed by atoms with Crippen LogP contribution in [-0.4, -0.2) is 23.2 Å². The maximum Gasteiger partial charge on any atom is 0.244 e. The van der Waals surface area contributed by atoms with Gasteiger partial charge in [0.15, 0.2) is 0 Å². The summed E-state index contributed by atoms with van der Waals surface area (Å²) < 4.78 is 5.50. The van der Waals surface area contributed by atoms with Gasteiger partial charge in [0.25, 0.3) is 0 Å². The first-order chi connectivity index (χ1) is 13.9. The number of rotatable bonds is 4. The number of phenolic OH excluding ortho intramolecular Hbond substituents is 2. The fraction of sp³-hybridized carbons (Fsp3) is 0.174. The van der Waals surface area contributed by atoms with Crippen molar-refractivity contribution in [3.8, 4) is 17.2 Å². The van der Waals surface area contributed by atoms with E-state index in [1.165, 1.54) is 0 Å². The lowest BCUT2D eigenvalue weighted by molar-refractivity contribution is -0.118. The van der Waals surface area contributed by atoms with Crippen molar-refractivity contribution in [1.29, 1.82) is 0 Å². The summed E-state index contributed by atoms with van der Waals surface area (Å²) in [5, 5.41) is 23.1. The lowest BCUT2D eigenvalue weighted by atomic mass is 9.70. The van der Waals surface area contributed by atoms with Crippen molar-refractivity contribution in [2.24, 2.45) is 0 Å². The minimum Gasteiger partial charge on any atom is -0.508 e. The van der Waals surface area contributed by atoms with Crippen LogP contribution in [0.25, 0.3) is 0 Å². The van der Waals surface area contributed by atoms with Gasteiger partial charge < -0.3 is 20.3 Å². The van der Waals surface area contributed by atoms with Gasteiger partial charge in [-0.1, -0.05) is 42.8 Å². The molecule has 1 aliphatic rings. The molecule has 1 heterocycles. The predicted molar refractivity (Wildman–Crippen MR) is 112 cm³/mol. The zero-order valence-electron chi connectivity index (χ0n) is 16.0. The van der Waals surface area contributed by atoms with Gasteiger partial charge in [0.05, 0.1) is 17.8 Å². The highest BCUT2D eigenvalue weighted by atomic mass is 35.5. The molecule has 0 bridgehead atoms. The van der Waals surface area contributed by atoms with Gasteiger partial charge in [0.1, 0.15) is 22.7 Å². The molecule has 148 valence electrons. The number of aromatic hydroxyl groups is 2. The molecule has 0 spiro atoms. The molecule has 1 aliphatic heterocycles. The van der Waals surface area contributed by atoms with E-state index in [2.05, 4.69) is 5.32 Å². The fourth-order valence-corrected chi connectivity index (χ4v) is 4.46. The van der Waals surface area contributed by atoms with Gasteiger partial charge in [-0.3, -0.25) is 4.79 Å². The number of methoxy groups -OCH3 is 1. The van der Waals surface area contributed by atoms with Gasteiger partial charge in [-0.25, -0.2) is 0 Å². The molecule has 0 unspecified atom stereocenters. The maximum atomic E-state index is 13.6. The number of carbonyl (C=O) groups is 1. The first-order valence-electron chi connectivity index (χ1n) is 9.23. The molecule has 29 heavy (non-hydrogen) atoms. The molecule has 3 aromatic carbocycles. The zero-order chi connectivity index (χ0) is 20.8. The summed E-state index contributed by atoms with van der Waals surface area (Å²) in [6.07, 6.45) is 0.611. The van der Waals surface area contributed by atoms with E-state index in [9.17, 15) is 15.0 Å². The van der Waals surface area contributed by atoms with Crippen LogP contribution in [-0.2, 0) is 16.6 Å². The number of benzene rings is 3. The van der Waals surface area contributed by atoms with Crippen LogP contribution in [0.4, 0.5) is 5.69 Å². The second-order valence-electron chi connectivity index (χ2n) is 6.95. The molecule has 4 rings (SSSR count). The molecule has 3 aromatic rings. The summed E-state index contributed by atoms with van der Waals surface area (Å²) in [5.41, 5.74) is 2.38. The molecule has 5 nitrogen and oxygen atoms in total. The molecule has 6 heteroatoms. The Morgan fingerprint density at radius 1 is 1.00 bits per heavy atom. The van der Waals surface area contributed by atoms with E-state index in [0.717, 1.165) is 11.1 Å². The highest BCUT2D eigenvalue weighted by Crippen LogP contribution is 2.52. The largest absolute Gasteiger partial charge is 0.508 e. The summed E-state index contributed by atoms with van der Waals surface area (Å²) in [7, 11) is 1.54. The second kappa shape index (κ2) is 7.01. The number of ether oxygens (including phenoxy) is 1. The highest BCUT2D eigenvalue weighted by Gasteiger charge is 2.51. The number of hydrogen-bond donors (Lipinski definition) is 3. The van der Waals surface area contributed by atoms with E-state index >= 15 is 0 Å². The van der Waals surface area contributed by atoms with Crippen LogP contribution in [0.2, 0.25) is 5.02 Å². The predicted octanol–water partition coefficient (Wildman–Crippen LogP) is 4.61. The lowest BCUT2D eigenvalue weighted by Gasteiger charge is -2.29. The van der Waals surface area contributed by atoms with E-state index in [1.54, 1.807) is 61.7 Å². The van der Waals surface area contributed by atoms with Crippen LogP contribution in [0, 0.1) is 0 Å². The SMILES string of the molecule is CCc1c(Cl)c(OC)cc2c1NC(=O)C2(c1ccc(O)cc1)c1ccc(O)cc1. The molecule has 1 amide bonds. The fourth-order valence-electron chi connectivity index (χ4n) is 4.10. The van der Waals surface area contributed by atoms with Gasteiger partial charge in [-0.15, -0.1) is 0 Å². The summed E-state index contributed by atoms with van der Waals surface area (Å²) in [5.74, 6) is 0.468. The molecule has 3 N–H and O–H groups in total. The van der Waals surface area contributed by atoms with Crippen molar-refractivity contribution in [3.05, 3.63) is 81.9 Å². The van der Waals surface area contributed by atoms with Gasteiger partial charge >= 0.3 is 0 Å². The van der Waals surface area contributed by atoms with Gasteiger partial charge in [0, 0.05) is 5.56 Å². The number of phenols is 2. The Morgan fingerprint density at radius 2 is 1.52 bits per heavy atom. The van der Waals surface area contributed by atoms with Crippen molar-refractivity contribution < 1.29 is 19.7 Å². The quantitative estimate of drug-likeness (QED) is 0.588. The first-order valence-corrected chi connectivity index (χ1v) is 9.61. The van der Waals surface area contributed by atoms with Crippen LogP contribution >= 0.6 is 11.6 Å². The number of halogens is 1. The number of carbonyl (C=O) groups excluding carboxylic acids is 1. The lowest BCUT2D eigenvalue weighted by Crippen LogP contribution is -2.36. The first kappa shape index (κ1) is 19.2. The van der Waals surface area contributed by atoms with Gasteiger partial charge in [0.2, 0.25) is 5.91 Å². The van der Waals surface area contributed by atoms with Crippen molar-refractivity contribution >= 4 is 23.2 Å². The Labute approximate surface area is 173 Å². The van der Waals surface area contributed by atoms with Crippen LogP contribution in [0.15, 0.2) is 54.6 Å². The topological polar surface area (TPSA) is 78.8 Å². The van der Waals surface area contributed by atoms with Crippen LogP contribution < -0.4 is 10.1 Å². The summed E-state index contributed by atoms with van der Waals surface area (Å²) in [6, 6.07) is 14.9. The van der Waals surface area contributed by atoms with E-state index in [4.69, 9.17) is 16.3 Å². The van der Waals surface area contributed by atoms with Crippen LogP contribution in [0.1, 0.15) is 29.2 Å². The number of nitrogens with one attached hydrogen (secondary N) is 1. The van der Waals surface area contributed by atoms with Crippen molar-refractivity contribution in [2.75, 3.05) is 12.4 Å². The molecule has 0 fully saturated rings. The van der Waals surface area contributed by atoms with E-state index in [0.29, 0.717) is 34.0 Å². The Balaban J connectivity index is 2.12. The molecule has 0 aliphatic carbocycles. The van der Waals surface area contributed by atoms with E-state index in [1.807, 2.05) is 6.92 Å². The zero-order valence-corrected chi connectivity index (χ0v) is 16.7. The third-order valence-corrected chi connectivity index (χ3v) is 5.90. The third kappa shape index (κ3) is 2.73. The summed E-state index contributed by atoms with van der Waals surface area (Å²) in [4.78, 5) is 13.6. The van der Waals surface area contributed by atoms with Crippen molar-refractivity contribution in [3.63, 3.8) is 0 Å². The average Bonchev–Trinajstić information content (AvgIpc) is 3.01. The van der Waals surface area contributed by atoms with Crippen LogP contribution in [0.3, 0.4) is 0 Å². The summed E-state index contributed by atoms with van der Waals surface area (Å²) >= 11 is 6.52. The number of amides is 1. The smallest absolute Gasteiger partial charge is 0.244 e. The van der Waals surface area contributed by atoms with E-state index < -0.39 is 5.41 Å². The molecule has 0 atom stereocenters. The third-order valence-electron chi connectivity index (χ3n) is 5.49. The summed E-state index contributed by atoms with van der Waals surface area (Å²) in [6.45, 7) is 1.97. The Hall–Kier alpha value is -3.18. The molecular formula is C23H20ClNO4. The minimum atomic E-state index is -1.18. The number of hydrogen-bond acceptors (Lipinski definition) is 4. The van der Waals surface area contributed by atoms with Crippen molar-refractivity contribution in [2.45, 2.75) is 18.8 Å². The molecule has 0 radical (unpaired) electrons. The standard InChI is InChI=1S/C23H20ClNO4/c1-3-17-20(24)19(29-2)12-18-21(17)25-22(28)23(18,13-4-8-15(26)9-5-13)14-6-10-16(27)11-7-14/h4-12,26-27H,3H2,1-2H3,(H,25,28). The minimum absolute atomic E-state index is 0.108. The molecular weight excluding hydrogens is 390 g/mol. The van der Waals surface area contributed by atoms with Gasteiger partial charge in [-0.2, -0.15) is 0 Å². The molecule has 0 aromatic heterocycles. The molecule has 0 saturated heterocycles.